The third-order valence-electron chi connectivity index (χ3n) is 4.74. The highest BCUT2D eigenvalue weighted by Gasteiger charge is 2.37. The summed E-state index contributed by atoms with van der Waals surface area (Å²) in [7, 11) is 0. The number of hydrogen-bond acceptors (Lipinski definition) is 6. The van der Waals surface area contributed by atoms with Crippen molar-refractivity contribution in [3.63, 3.8) is 0 Å². The summed E-state index contributed by atoms with van der Waals surface area (Å²) in [4.78, 5) is 31.1. The molecule has 1 aromatic heterocycles. The number of nitrogens with two attached hydrogens (primary N) is 1. The molecule has 1 aliphatic heterocycles. The van der Waals surface area contributed by atoms with Gasteiger partial charge in [0.1, 0.15) is 12.4 Å². The largest absolute Gasteiger partial charge is 0.472 e. The third kappa shape index (κ3) is 4.25. The van der Waals surface area contributed by atoms with Crippen LogP contribution in [0.3, 0.4) is 0 Å². The van der Waals surface area contributed by atoms with Crippen LogP contribution in [-0.2, 0) is 20.7 Å². The number of nitrogen functional groups attached to an aromatic ring is 1. The number of anilines is 2. The van der Waals surface area contributed by atoms with Gasteiger partial charge in [0.25, 0.3) is 5.91 Å². The molecule has 2 aromatic carbocycles. The number of ether oxygens (including phenoxy) is 2. The molecule has 4 rings (SSSR count). The topological polar surface area (TPSA) is 94.8 Å². The van der Waals surface area contributed by atoms with E-state index in [2.05, 4.69) is 4.98 Å². The first-order valence-corrected chi connectivity index (χ1v) is 9.61. The number of hydrogen-bond donors (Lipinski definition) is 1. The standard InChI is InChI=1S/C23H21N3O4/c24-19-12-11-18-22(25-19)26(23(28)21(30-18)17-9-5-2-6-10-17)15-20(27)29-14-13-16-7-3-1-4-8-16/h1-12,21H,13-15H2,(H2,24,25). The summed E-state index contributed by atoms with van der Waals surface area (Å²) in [5.41, 5.74) is 7.54. The summed E-state index contributed by atoms with van der Waals surface area (Å²) >= 11 is 0. The van der Waals surface area contributed by atoms with Crippen molar-refractivity contribution in [3.05, 3.63) is 83.9 Å². The van der Waals surface area contributed by atoms with Gasteiger partial charge in [0.15, 0.2) is 11.6 Å². The Morgan fingerprint density at radius 1 is 1.03 bits per heavy atom. The Morgan fingerprint density at radius 2 is 1.73 bits per heavy atom. The molecule has 2 heterocycles. The van der Waals surface area contributed by atoms with Crippen molar-refractivity contribution in [1.82, 2.24) is 4.98 Å². The van der Waals surface area contributed by atoms with Gasteiger partial charge in [-0.2, -0.15) is 0 Å². The molecule has 0 fully saturated rings. The predicted molar refractivity (Wildman–Crippen MR) is 112 cm³/mol. The smallest absolute Gasteiger partial charge is 0.326 e. The highest BCUT2D eigenvalue weighted by atomic mass is 16.5. The number of carbonyl (C=O) groups excluding carboxylic acids is 2. The lowest BCUT2D eigenvalue weighted by Crippen LogP contribution is -2.45. The maximum Gasteiger partial charge on any atom is 0.326 e. The molecular formula is C23H21N3O4. The summed E-state index contributed by atoms with van der Waals surface area (Å²) < 4.78 is 11.2. The second kappa shape index (κ2) is 8.65. The first kappa shape index (κ1) is 19.4. The Labute approximate surface area is 174 Å². The minimum Gasteiger partial charge on any atom is -0.472 e. The zero-order chi connectivity index (χ0) is 20.9. The van der Waals surface area contributed by atoms with E-state index in [0.29, 0.717) is 17.7 Å². The lowest BCUT2D eigenvalue weighted by Gasteiger charge is -2.33. The molecule has 0 radical (unpaired) electrons. The van der Waals surface area contributed by atoms with Gasteiger partial charge in [0.2, 0.25) is 6.10 Å². The SMILES string of the molecule is Nc1ccc2c(n1)N(CC(=O)OCCc1ccccc1)C(=O)C(c1ccccc1)O2. The second-order valence-corrected chi connectivity index (χ2v) is 6.85. The molecule has 0 spiro atoms. The van der Waals surface area contributed by atoms with Crippen molar-refractivity contribution >= 4 is 23.5 Å². The molecule has 7 heteroatoms. The van der Waals surface area contributed by atoms with Crippen LogP contribution in [0.2, 0.25) is 0 Å². The minimum absolute atomic E-state index is 0.215. The Balaban J connectivity index is 1.50. The van der Waals surface area contributed by atoms with Crippen LogP contribution in [0.15, 0.2) is 72.8 Å². The summed E-state index contributed by atoms with van der Waals surface area (Å²) in [6, 6.07) is 22.1. The number of pyridine rings is 1. The molecular weight excluding hydrogens is 382 g/mol. The summed E-state index contributed by atoms with van der Waals surface area (Å²) in [5.74, 6) is -0.0948. The Hall–Kier alpha value is -3.87. The maximum absolute atomic E-state index is 13.1. The molecule has 0 bridgehead atoms. The quantitative estimate of drug-likeness (QED) is 0.636. The summed E-state index contributed by atoms with van der Waals surface area (Å²) in [6.45, 7) is -0.0511. The first-order valence-electron chi connectivity index (χ1n) is 9.61. The number of benzene rings is 2. The van der Waals surface area contributed by atoms with E-state index in [1.165, 1.54) is 4.90 Å². The normalized spacial score (nSPS) is 15.3. The van der Waals surface area contributed by atoms with Crippen LogP contribution in [-0.4, -0.2) is 30.0 Å². The third-order valence-corrected chi connectivity index (χ3v) is 4.74. The fourth-order valence-corrected chi connectivity index (χ4v) is 3.25. The molecule has 1 amide bonds. The van der Waals surface area contributed by atoms with Gasteiger partial charge in [-0.3, -0.25) is 14.5 Å². The number of nitrogens with zero attached hydrogens (tertiary/aromatic N) is 2. The highest BCUT2D eigenvalue weighted by molar-refractivity contribution is 6.02. The fraction of sp³-hybridized carbons (Fsp3) is 0.174. The lowest BCUT2D eigenvalue weighted by atomic mass is 10.1. The van der Waals surface area contributed by atoms with Crippen LogP contribution < -0.4 is 15.4 Å². The number of fused-ring (bicyclic) bond motifs is 1. The van der Waals surface area contributed by atoms with E-state index in [-0.39, 0.29) is 24.8 Å². The second-order valence-electron chi connectivity index (χ2n) is 6.85. The predicted octanol–water partition coefficient (Wildman–Crippen LogP) is 2.92. The van der Waals surface area contributed by atoms with E-state index < -0.39 is 18.0 Å². The molecule has 0 saturated carbocycles. The van der Waals surface area contributed by atoms with Crippen LogP contribution >= 0.6 is 0 Å². The van der Waals surface area contributed by atoms with Crippen molar-refractivity contribution in [1.29, 1.82) is 0 Å². The average Bonchev–Trinajstić information content (AvgIpc) is 2.77. The van der Waals surface area contributed by atoms with Crippen molar-refractivity contribution in [3.8, 4) is 5.75 Å². The number of aromatic nitrogens is 1. The van der Waals surface area contributed by atoms with E-state index in [1.807, 2.05) is 48.5 Å². The molecule has 152 valence electrons. The number of esters is 1. The average molecular weight is 403 g/mol. The van der Waals surface area contributed by atoms with Gasteiger partial charge in [-0.25, -0.2) is 4.98 Å². The summed E-state index contributed by atoms with van der Waals surface area (Å²) in [6.07, 6.45) is -0.279. The highest BCUT2D eigenvalue weighted by Crippen LogP contribution is 2.37. The van der Waals surface area contributed by atoms with E-state index >= 15 is 0 Å². The number of amides is 1. The molecule has 2 N–H and O–H groups in total. The monoisotopic (exact) mass is 403 g/mol. The summed E-state index contributed by atoms with van der Waals surface area (Å²) in [5, 5.41) is 0. The van der Waals surface area contributed by atoms with Gasteiger partial charge in [0.05, 0.1) is 6.61 Å². The Bertz CT molecular complexity index is 1040. The van der Waals surface area contributed by atoms with Crippen molar-refractivity contribution < 1.29 is 19.1 Å². The minimum atomic E-state index is -0.874. The van der Waals surface area contributed by atoms with Crippen LogP contribution in [0, 0.1) is 0 Å². The lowest BCUT2D eigenvalue weighted by molar-refractivity contribution is -0.143. The van der Waals surface area contributed by atoms with Gasteiger partial charge in [-0.05, 0) is 17.7 Å². The van der Waals surface area contributed by atoms with E-state index in [4.69, 9.17) is 15.2 Å². The molecule has 3 aromatic rings. The van der Waals surface area contributed by atoms with Gasteiger partial charge in [-0.1, -0.05) is 60.7 Å². The van der Waals surface area contributed by atoms with Crippen molar-refractivity contribution in [2.75, 3.05) is 23.8 Å². The van der Waals surface area contributed by atoms with Crippen LogP contribution in [0.4, 0.5) is 11.6 Å². The van der Waals surface area contributed by atoms with Crippen LogP contribution in [0.25, 0.3) is 0 Å². The van der Waals surface area contributed by atoms with Gasteiger partial charge >= 0.3 is 5.97 Å². The fourth-order valence-electron chi connectivity index (χ4n) is 3.25. The molecule has 0 saturated heterocycles. The van der Waals surface area contributed by atoms with Gasteiger partial charge in [0, 0.05) is 12.0 Å². The first-order chi connectivity index (χ1) is 14.6. The van der Waals surface area contributed by atoms with E-state index in [0.717, 1.165) is 5.56 Å². The van der Waals surface area contributed by atoms with Gasteiger partial charge in [-0.15, -0.1) is 0 Å². The molecule has 1 atom stereocenters. The van der Waals surface area contributed by atoms with Crippen LogP contribution in [0.1, 0.15) is 17.2 Å². The Kier molecular flexibility index (Phi) is 5.61. The molecule has 1 unspecified atom stereocenters. The van der Waals surface area contributed by atoms with E-state index in [1.54, 1.807) is 24.3 Å². The molecule has 7 nitrogen and oxygen atoms in total. The molecule has 1 aliphatic rings. The van der Waals surface area contributed by atoms with Crippen LogP contribution in [0.5, 0.6) is 5.75 Å². The van der Waals surface area contributed by atoms with Crippen molar-refractivity contribution in [2.24, 2.45) is 0 Å². The number of carbonyl (C=O) groups is 2. The Morgan fingerprint density at radius 3 is 2.47 bits per heavy atom. The van der Waals surface area contributed by atoms with E-state index in [9.17, 15) is 9.59 Å². The molecule has 0 aliphatic carbocycles. The number of rotatable bonds is 6. The zero-order valence-electron chi connectivity index (χ0n) is 16.2. The zero-order valence-corrected chi connectivity index (χ0v) is 16.2. The maximum atomic E-state index is 13.1. The van der Waals surface area contributed by atoms with Gasteiger partial charge < -0.3 is 15.2 Å². The van der Waals surface area contributed by atoms with Crippen molar-refractivity contribution in [2.45, 2.75) is 12.5 Å². The molecule has 30 heavy (non-hydrogen) atoms.